The van der Waals surface area contributed by atoms with Crippen LogP contribution in [0.4, 0.5) is 22.4 Å². The van der Waals surface area contributed by atoms with Crippen LogP contribution in [0.3, 0.4) is 0 Å². The molecular formula is C16H14F4N2O6. The third-order valence-electron chi connectivity index (χ3n) is 3.32. The van der Waals surface area contributed by atoms with E-state index in [1.165, 1.54) is 0 Å². The van der Waals surface area contributed by atoms with Crippen LogP contribution in [-0.4, -0.2) is 55.7 Å². The summed E-state index contributed by atoms with van der Waals surface area (Å²) in [4.78, 5) is 35.6. The normalized spacial score (nSPS) is 13.9. The Balaban J connectivity index is 1.99. The van der Waals surface area contributed by atoms with Gasteiger partial charge in [-0.25, -0.2) is 9.59 Å². The fourth-order valence-electron chi connectivity index (χ4n) is 2.15. The number of hydrogen-bond donors (Lipinski definition) is 1. The molecule has 3 amide bonds. The summed E-state index contributed by atoms with van der Waals surface area (Å²) < 4.78 is 62.4. The summed E-state index contributed by atoms with van der Waals surface area (Å²) in [5.41, 5.74) is -0.0517. The van der Waals surface area contributed by atoms with Gasteiger partial charge in [0.2, 0.25) is 0 Å². The number of rotatable bonds is 8. The van der Waals surface area contributed by atoms with Gasteiger partial charge in [0.05, 0.1) is 0 Å². The zero-order valence-corrected chi connectivity index (χ0v) is 14.1. The minimum Gasteiger partial charge on any atom is -0.452 e. The van der Waals surface area contributed by atoms with Crippen molar-refractivity contribution in [1.29, 1.82) is 0 Å². The van der Waals surface area contributed by atoms with Gasteiger partial charge in [0.15, 0.2) is 6.61 Å². The van der Waals surface area contributed by atoms with Gasteiger partial charge in [-0.15, -0.1) is 0 Å². The topological polar surface area (TPSA) is 94.2 Å². The van der Waals surface area contributed by atoms with E-state index >= 15 is 0 Å². The quantitative estimate of drug-likeness (QED) is 0.403. The molecule has 2 rings (SSSR count). The predicted molar refractivity (Wildman–Crippen MR) is 84.8 cm³/mol. The van der Waals surface area contributed by atoms with Crippen molar-refractivity contribution in [3.05, 3.63) is 29.8 Å². The SMILES string of the molecule is O=C(/C=C/c1ccc(OC(F)F)cc1OC(F)F)OCC(=O)N1CCNC1=O. The highest BCUT2D eigenvalue weighted by Crippen LogP contribution is 2.28. The highest BCUT2D eigenvalue weighted by Gasteiger charge is 2.26. The summed E-state index contributed by atoms with van der Waals surface area (Å²) >= 11 is 0. The Labute approximate surface area is 155 Å². The molecule has 1 heterocycles. The number of ether oxygens (including phenoxy) is 3. The molecule has 1 aliphatic rings. The van der Waals surface area contributed by atoms with Gasteiger partial charge in [0, 0.05) is 30.8 Å². The van der Waals surface area contributed by atoms with E-state index < -0.39 is 49.2 Å². The highest BCUT2D eigenvalue weighted by atomic mass is 19.3. The van der Waals surface area contributed by atoms with Crippen molar-refractivity contribution in [3.63, 3.8) is 0 Å². The van der Waals surface area contributed by atoms with Crippen LogP contribution >= 0.6 is 0 Å². The lowest BCUT2D eigenvalue weighted by Gasteiger charge is -2.12. The third-order valence-corrected chi connectivity index (χ3v) is 3.32. The highest BCUT2D eigenvalue weighted by molar-refractivity contribution is 5.97. The number of hydrogen-bond acceptors (Lipinski definition) is 6. The summed E-state index contributed by atoms with van der Waals surface area (Å²) in [6, 6.07) is 2.37. The first-order valence-electron chi connectivity index (χ1n) is 7.73. The summed E-state index contributed by atoms with van der Waals surface area (Å²) in [7, 11) is 0. The van der Waals surface area contributed by atoms with Gasteiger partial charge in [-0.3, -0.25) is 9.69 Å². The van der Waals surface area contributed by atoms with E-state index in [4.69, 9.17) is 0 Å². The number of nitrogens with one attached hydrogen (secondary N) is 1. The molecule has 1 aromatic carbocycles. The van der Waals surface area contributed by atoms with Crippen molar-refractivity contribution >= 4 is 24.0 Å². The molecule has 0 spiro atoms. The van der Waals surface area contributed by atoms with Gasteiger partial charge < -0.3 is 19.5 Å². The van der Waals surface area contributed by atoms with E-state index in [2.05, 4.69) is 19.5 Å². The summed E-state index contributed by atoms with van der Waals surface area (Å²) in [6.07, 6.45) is 1.85. The predicted octanol–water partition coefficient (Wildman–Crippen LogP) is 2.00. The average Bonchev–Trinajstić information content (AvgIpc) is 3.04. The number of carbonyl (C=O) groups is 3. The first-order chi connectivity index (χ1) is 13.3. The number of alkyl halides is 4. The summed E-state index contributed by atoms with van der Waals surface area (Å²) in [5.74, 6) is -2.65. The Morgan fingerprint density at radius 3 is 2.50 bits per heavy atom. The van der Waals surface area contributed by atoms with Crippen LogP contribution in [-0.2, 0) is 14.3 Å². The molecule has 152 valence electrons. The molecule has 1 aliphatic heterocycles. The lowest BCUT2D eigenvalue weighted by molar-refractivity contribution is -0.146. The van der Waals surface area contributed by atoms with Gasteiger partial charge in [0.1, 0.15) is 11.5 Å². The van der Waals surface area contributed by atoms with Crippen LogP contribution in [0.15, 0.2) is 24.3 Å². The van der Waals surface area contributed by atoms with Crippen molar-refractivity contribution in [3.8, 4) is 11.5 Å². The van der Waals surface area contributed by atoms with Gasteiger partial charge in [0.25, 0.3) is 5.91 Å². The smallest absolute Gasteiger partial charge is 0.387 e. The molecule has 0 saturated carbocycles. The molecule has 1 fully saturated rings. The number of carbonyl (C=O) groups excluding carboxylic acids is 3. The molecule has 0 aliphatic carbocycles. The molecule has 12 heteroatoms. The van der Waals surface area contributed by atoms with Crippen LogP contribution in [0.5, 0.6) is 11.5 Å². The number of urea groups is 1. The van der Waals surface area contributed by atoms with Crippen molar-refractivity contribution < 1.29 is 46.2 Å². The Hall–Kier alpha value is -3.31. The summed E-state index contributed by atoms with van der Waals surface area (Å²) in [5, 5.41) is 2.40. The maximum Gasteiger partial charge on any atom is 0.387 e. The monoisotopic (exact) mass is 406 g/mol. The molecule has 0 atom stereocenters. The molecule has 0 aromatic heterocycles. The third kappa shape index (κ3) is 6.14. The number of benzene rings is 1. The molecule has 1 N–H and O–H groups in total. The van der Waals surface area contributed by atoms with Gasteiger partial charge in [-0.1, -0.05) is 0 Å². The zero-order valence-electron chi connectivity index (χ0n) is 14.1. The minimum atomic E-state index is -3.25. The van der Waals surface area contributed by atoms with Crippen molar-refractivity contribution in [2.75, 3.05) is 19.7 Å². The van der Waals surface area contributed by atoms with Gasteiger partial charge >= 0.3 is 25.2 Å². The number of halogens is 4. The lowest BCUT2D eigenvalue weighted by Crippen LogP contribution is -2.37. The Morgan fingerprint density at radius 2 is 1.89 bits per heavy atom. The van der Waals surface area contributed by atoms with Crippen LogP contribution in [0, 0.1) is 0 Å². The average molecular weight is 406 g/mol. The van der Waals surface area contributed by atoms with Gasteiger partial charge in [-0.2, -0.15) is 17.6 Å². The van der Waals surface area contributed by atoms with E-state index in [0.717, 1.165) is 35.3 Å². The molecule has 0 bridgehead atoms. The van der Waals surface area contributed by atoms with E-state index in [1.807, 2.05) is 0 Å². The Bertz CT molecular complexity index is 772. The van der Waals surface area contributed by atoms with E-state index in [1.54, 1.807) is 0 Å². The molecule has 8 nitrogen and oxygen atoms in total. The van der Waals surface area contributed by atoms with Crippen LogP contribution in [0.1, 0.15) is 5.56 Å². The Kier molecular flexibility index (Phi) is 7.18. The number of imide groups is 1. The van der Waals surface area contributed by atoms with Crippen LogP contribution in [0.25, 0.3) is 6.08 Å². The molecular weight excluding hydrogens is 392 g/mol. The second-order valence-electron chi connectivity index (χ2n) is 5.17. The molecule has 1 aromatic rings. The van der Waals surface area contributed by atoms with E-state index in [9.17, 15) is 31.9 Å². The molecule has 1 saturated heterocycles. The maximum absolute atomic E-state index is 12.5. The Morgan fingerprint density at radius 1 is 1.18 bits per heavy atom. The number of esters is 1. The minimum absolute atomic E-state index is 0.0517. The van der Waals surface area contributed by atoms with Crippen LogP contribution in [0.2, 0.25) is 0 Å². The lowest BCUT2D eigenvalue weighted by atomic mass is 10.1. The molecule has 0 unspecified atom stereocenters. The van der Waals surface area contributed by atoms with Crippen molar-refractivity contribution in [2.24, 2.45) is 0 Å². The number of nitrogens with zero attached hydrogens (tertiary/aromatic N) is 1. The van der Waals surface area contributed by atoms with E-state index in [0.29, 0.717) is 0 Å². The molecule has 28 heavy (non-hydrogen) atoms. The number of amides is 3. The largest absolute Gasteiger partial charge is 0.452 e. The first kappa shape index (κ1) is 21.0. The fraction of sp³-hybridized carbons (Fsp3) is 0.312. The van der Waals surface area contributed by atoms with Crippen LogP contribution < -0.4 is 14.8 Å². The molecule has 0 radical (unpaired) electrons. The second-order valence-corrected chi connectivity index (χ2v) is 5.17. The standard InChI is InChI=1S/C16H14F4N2O6/c17-14(18)27-10-3-1-9(11(7-10)28-15(19)20)2-4-13(24)26-8-12(23)22-6-5-21-16(22)25/h1-4,7,14-15H,5-6,8H2,(H,21,25)/b4-2+. The van der Waals surface area contributed by atoms with Gasteiger partial charge in [-0.05, 0) is 18.2 Å². The van der Waals surface area contributed by atoms with E-state index in [-0.39, 0.29) is 18.7 Å². The van der Waals surface area contributed by atoms with Crippen molar-refractivity contribution in [2.45, 2.75) is 13.2 Å². The second kappa shape index (κ2) is 9.58. The maximum atomic E-state index is 12.5. The first-order valence-corrected chi connectivity index (χ1v) is 7.73. The summed E-state index contributed by atoms with van der Waals surface area (Å²) in [6.45, 7) is -6.67. The zero-order chi connectivity index (χ0) is 20.7. The fourth-order valence-corrected chi connectivity index (χ4v) is 2.15. The van der Waals surface area contributed by atoms with Crippen molar-refractivity contribution in [1.82, 2.24) is 10.2 Å².